The fraction of sp³-hybridized carbons (Fsp3) is 0.269. The van der Waals surface area contributed by atoms with Crippen molar-refractivity contribution in [3.05, 3.63) is 93.5 Å². The van der Waals surface area contributed by atoms with E-state index in [1.807, 2.05) is 58.9 Å². The number of benzene rings is 3. The third kappa shape index (κ3) is 5.02. The Labute approximate surface area is 190 Å². The number of carbonyl (C=O) groups excluding carboxylic acids is 1. The van der Waals surface area contributed by atoms with Crippen molar-refractivity contribution in [3.8, 4) is 0 Å². The molecular formula is C26H30N2O3S. The van der Waals surface area contributed by atoms with E-state index in [9.17, 15) is 13.2 Å². The van der Waals surface area contributed by atoms with Crippen molar-refractivity contribution in [2.24, 2.45) is 0 Å². The van der Waals surface area contributed by atoms with Crippen LogP contribution in [0.25, 0.3) is 0 Å². The van der Waals surface area contributed by atoms with Crippen LogP contribution < -0.4 is 10.0 Å². The van der Waals surface area contributed by atoms with Crippen LogP contribution in [0.15, 0.2) is 59.5 Å². The highest BCUT2D eigenvalue weighted by Crippen LogP contribution is 2.25. The highest BCUT2D eigenvalue weighted by molar-refractivity contribution is 7.92. The number of rotatable bonds is 6. The molecule has 5 nitrogen and oxygen atoms in total. The fourth-order valence-corrected chi connectivity index (χ4v) is 5.16. The van der Waals surface area contributed by atoms with Gasteiger partial charge in [0.05, 0.1) is 16.6 Å². The third-order valence-electron chi connectivity index (χ3n) is 5.83. The second-order valence-electron chi connectivity index (χ2n) is 8.39. The van der Waals surface area contributed by atoms with Gasteiger partial charge >= 0.3 is 0 Å². The van der Waals surface area contributed by atoms with Crippen LogP contribution in [0.4, 0.5) is 5.69 Å². The van der Waals surface area contributed by atoms with Crippen molar-refractivity contribution in [3.63, 3.8) is 0 Å². The molecule has 168 valence electrons. The van der Waals surface area contributed by atoms with Crippen LogP contribution >= 0.6 is 0 Å². The molecule has 0 saturated carbocycles. The molecule has 6 heteroatoms. The van der Waals surface area contributed by atoms with Gasteiger partial charge in [-0.25, -0.2) is 8.42 Å². The van der Waals surface area contributed by atoms with Gasteiger partial charge in [0.25, 0.3) is 15.9 Å². The lowest BCUT2D eigenvalue weighted by atomic mass is 10.00. The van der Waals surface area contributed by atoms with E-state index in [1.165, 1.54) is 6.07 Å². The molecule has 1 amide bonds. The lowest BCUT2D eigenvalue weighted by Crippen LogP contribution is -2.27. The Balaban J connectivity index is 1.87. The highest BCUT2D eigenvalue weighted by Gasteiger charge is 2.21. The smallest absolute Gasteiger partial charge is 0.262 e. The van der Waals surface area contributed by atoms with E-state index >= 15 is 0 Å². The summed E-state index contributed by atoms with van der Waals surface area (Å²) < 4.78 is 28.9. The molecule has 0 unspecified atom stereocenters. The Kier molecular flexibility index (Phi) is 6.74. The molecule has 3 aromatic carbocycles. The van der Waals surface area contributed by atoms with E-state index < -0.39 is 10.0 Å². The van der Waals surface area contributed by atoms with Gasteiger partial charge in [0.1, 0.15) is 0 Å². The van der Waals surface area contributed by atoms with Crippen molar-refractivity contribution in [1.29, 1.82) is 0 Å². The highest BCUT2D eigenvalue weighted by atomic mass is 32.2. The molecule has 0 aromatic heterocycles. The number of sulfonamides is 1. The van der Waals surface area contributed by atoms with Gasteiger partial charge in [-0.3, -0.25) is 9.52 Å². The van der Waals surface area contributed by atoms with Crippen molar-refractivity contribution < 1.29 is 13.2 Å². The standard InChI is InChI=1S/C26H30N2O3S/c1-16-10-13-23(19(4)14-16)21(6)27-26(29)22-12-11-18(3)25(15-22)32(30,31)28-24-9-7-8-17(2)20(24)5/h7-15,21,28H,1-6H3,(H,27,29)/t21-/m0/s1. The average Bonchev–Trinajstić information content (AvgIpc) is 2.71. The van der Waals surface area contributed by atoms with Crippen LogP contribution in [0.2, 0.25) is 0 Å². The zero-order valence-corrected chi connectivity index (χ0v) is 20.2. The Hall–Kier alpha value is -3.12. The maximum Gasteiger partial charge on any atom is 0.262 e. The summed E-state index contributed by atoms with van der Waals surface area (Å²) >= 11 is 0. The van der Waals surface area contributed by atoms with Crippen LogP contribution in [0.3, 0.4) is 0 Å². The lowest BCUT2D eigenvalue weighted by molar-refractivity contribution is 0.0939. The first-order valence-electron chi connectivity index (χ1n) is 10.6. The van der Waals surface area contributed by atoms with Gasteiger partial charge in [-0.2, -0.15) is 0 Å². The van der Waals surface area contributed by atoms with Gasteiger partial charge in [-0.1, -0.05) is 42.0 Å². The average molecular weight is 451 g/mol. The summed E-state index contributed by atoms with van der Waals surface area (Å²) in [5, 5.41) is 2.98. The number of carbonyl (C=O) groups is 1. The van der Waals surface area contributed by atoms with E-state index in [2.05, 4.69) is 16.1 Å². The van der Waals surface area contributed by atoms with Crippen molar-refractivity contribution >= 4 is 21.6 Å². The molecule has 0 bridgehead atoms. The zero-order chi connectivity index (χ0) is 23.6. The van der Waals surface area contributed by atoms with Gasteiger partial charge in [0.2, 0.25) is 0 Å². The molecule has 32 heavy (non-hydrogen) atoms. The molecule has 3 aromatic rings. The number of nitrogens with one attached hydrogen (secondary N) is 2. The molecule has 0 fully saturated rings. The summed E-state index contributed by atoms with van der Waals surface area (Å²) in [6, 6.07) is 16.1. The quantitative estimate of drug-likeness (QED) is 0.519. The predicted octanol–water partition coefficient (Wildman–Crippen LogP) is 5.52. The number of anilines is 1. The molecule has 0 aliphatic rings. The van der Waals surface area contributed by atoms with E-state index in [-0.39, 0.29) is 16.8 Å². The maximum absolute atomic E-state index is 13.1. The predicted molar refractivity (Wildman–Crippen MR) is 130 cm³/mol. The van der Waals surface area contributed by atoms with Crippen LogP contribution in [0.1, 0.15) is 56.7 Å². The van der Waals surface area contributed by atoms with Gasteiger partial charge in [0, 0.05) is 5.56 Å². The number of hydrogen-bond donors (Lipinski definition) is 2. The number of aryl methyl sites for hydroxylation is 4. The van der Waals surface area contributed by atoms with Gasteiger partial charge in [-0.05, 0) is 87.6 Å². The van der Waals surface area contributed by atoms with Crippen molar-refractivity contribution in [2.75, 3.05) is 4.72 Å². The maximum atomic E-state index is 13.1. The second-order valence-corrected chi connectivity index (χ2v) is 10.0. The number of amides is 1. The van der Waals surface area contributed by atoms with Gasteiger partial charge in [0.15, 0.2) is 0 Å². The Bertz CT molecular complexity index is 1280. The Morgan fingerprint density at radius 2 is 1.56 bits per heavy atom. The number of hydrogen-bond acceptors (Lipinski definition) is 3. The molecule has 0 heterocycles. The first-order chi connectivity index (χ1) is 15.0. The van der Waals surface area contributed by atoms with Crippen LogP contribution in [-0.2, 0) is 10.0 Å². The minimum absolute atomic E-state index is 0.0882. The molecule has 0 aliphatic heterocycles. The van der Waals surface area contributed by atoms with Crippen LogP contribution in [0.5, 0.6) is 0 Å². The topological polar surface area (TPSA) is 75.3 Å². The Morgan fingerprint density at radius 3 is 2.25 bits per heavy atom. The molecule has 3 rings (SSSR count). The van der Waals surface area contributed by atoms with Gasteiger partial charge in [-0.15, -0.1) is 0 Å². The normalized spacial score (nSPS) is 12.3. The van der Waals surface area contributed by atoms with E-state index in [1.54, 1.807) is 25.1 Å². The van der Waals surface area contributed by atoms with Crippen LogP contribution in [-0.4, -0.2) is 14.3 Å². The monoisotopic (exact) mass is 450 g/mol. The summed E-state index contributed by atoms with van der Waals surface area (Å²) in [7, 11) is -3.86. The molecule has 2 N–H and O–H groups in total. The molecular weight excluding hydrogens is 420 g/mol. The largest absolute Gasteiger partial charge is 0.346 e. The summed E-state index contributed by atoms with van der Waals surface area (Å²) in [6.45, 7) is 11.5. The Morgan fingerprint density at radius 1 is 0.844 bits per heavy atom. The van der Waals surface area contributed by atoms with Gasteiger partial charge < -0.3 is 5.32 Å². The van der Waals surface area contributed by atoms with Crippen LogP contribution in [0, 0.1) is 34.6 Å². The van der Waals surface area contributed by atoms with Crippen molar-refractivity contribution in [2.45, 2.75) is 52.5 Å². The van der Waals surface area contributed by atoms with E-state index in [0.29, 0.717) is 16.8 Å². The first-order valence-corrected chi connectivity index (χ1v) is 12.1. The summed E-state index contributed by atoms with van der Waals surface area (Å²) in [6.07, 6.45) is 0. The summed E-state index contributed by atoms with van der Waals surface area (Å²) in [4.78, 5) is 13.0. The van der Waals surface area contributed by atoms with E-state index in [4.69, 9.17) is 0 Å². The third-order valence-corrected chi connectivity index (χ3v) is 7.34. The van der Waals surface area contributed by atoms with E-state index in [0.717, 1.165) is 27.8 Å². The molecule has 0 saturated heterocycles. The SMILES string of the molecule is Cc1ccc([C@H](C)NC(=O)c2ccc(C)c(S(=O)(=O)Nc3cccc(C)c3C)c2)c(C)c1. The molecule has 1 atom stereocenters. The van der Waals surface area contributed by atoms with Crippen molar-refractivity contribution in [1.82, 2.24) is 5.32 Å². The summed E-state index contributed by atoms with van der Waals surface area (Å²) in [5.74, 6) is -0.319. The summed E-state index contributed by atoms with van der Waals surface area (Å²) in [5.41, 5.74) is 6.55. The second kappa shape index (κ2) is 9.17. The minimum Gasteiger partial charge on any atom is -0.346 e. The first kappa shape index (κ1) is 23.5. The lowest BCUT2D eigenvalue weighted by Gasteiger charge is -2.18. The molecule has 0 spiro atoms. The minimum atomic E-state index is -3.86. The molecule has 0 radical (unpaired) electrons. The molecule has 0 aliphatic carbocycles. The fourth-order valence-electron chi connectivity index (χ4n) is 3.76. The zero-order valence-electron chi connectivity index (χ0n) is 19.4.